The molecule has 0 spiro atoms. The highest BCUT2D eigenvalue weighted by Gasteiger charge is 2.34. The highest BCUT2D eigenvalue weighted by Crippen LogP contribution is 2.37. The molecule has 34 heavy (non-hydrogen) atoms. The number of thioether (sulfide) groups is 1. The van der Waals surface area contributed by atoms with Gasteiger partial charge in [-0.25, -0.2) is 4.68 Å². The maximum Gasteiger partial charge on any atom is 0.255 e. The third-order valence-corrected chi connectivity index (χ3v) is 6.63. The molecule has 0 saturated carbocycles. The Hall–Kier alpha value is -3.55. The number of halogens is 1. The number of carbonyl (C=O) groups excluding carboxylic acids is 1. The summed E-state index contributed by atoms with van der Waals surface area (Å²) in [5.41, 5.74) is 4.05. The lowest BCUT2D eigenvalue weighted by atomic mass is 9.95. The maximum absolute atomic E-state index is 13.5. The fourth-order valence-corrected chi connectivity index (χ4v) is 4.90. The Balaban J connectivity index is 1.50. The highest BCUT2D eigenvalue weighted by atomic mass is 35.5. The van der Waals surface area contributed by atoms with Crippen LogP contribution in [0.25, 0.3) is 0 Å². The van der Waals surface area contributed by atoms with Gasteiger partial charge in [-0.2, -0.15) is 4.98 Å². The van der Waals surface area contributed by atoms with Gasteiger partial charge >= 0.3 is 0 Å². The van der Waals surface area contributed by atoms with Crippen molar-refractivity contribution in [1.29, 1.82) is 0 Å². The quantitative estimate of drug-likeness (QED) is 0.319. The summed E-state index contributed by atoms with van der Waals surface area (Å²) in [6.45, 7) is 1.88. The Morgan fingerprint density at radius 1 is 1.06 bits per heavy atom. The predicted octanol–water partition coefficient (Wildman–Crippen LogP) is 6.15. The van der Waals surface area contributed by atoms with Gasteiger partial charge in [0.05, 0.1) is 5.57 Å². The van der Waals surface area contributed by atoms with Gasteiger partial charge < -0.3 is 10.6 Å². The van der Waals surface area contributed by atoms with Crippen LogP contribution in [-0.4, -0.2) is 20.7 Å². The van der Waals surface area contributed by atoms with Crippen LogP contribution >= 0.6 is 23.4 Å². The van der Waals surface area contributed by atoms with Crippen molar-refractivity contribution in [2.24, 2.45) is 0 Å². The monoisotopic (exact) mass is 487 g/mol. The molecule has 2 heterocycles. The minimum absolute atomic E-state index is 0.208. The number of carbonyl (C=O) groups is 1. The average molecular weight is 488 g/mol. The summed E-state index contributed by atoms with van der Waals surface area (Å²) in [7, 11) is 0. The van der Waals surface area contributed by atoms with E-state index >= 15 is 0 Å². The number of hydrogen-bond donors (Lipinski definition) is 2. The van der Waals surface area contributed by atoms with E-state index in [9.17, 15) is 4.79 Å². The van der Waals surface area contributed by atoms with Crippen LogP contribution in [0, 0.1) is 0 Å². The third-order valence-electron chi connectivity index (χ3n) is 5.48. The number of benzene rings is 3. The standard InChI is InChI=1S/C26H22ClN5OS/c1-17-22(24(33)29-21-13-6-3-7-14-21)23(19-11-8-12-20(27)15-19)32-25(28-17)30-26(31-32)34-16-18-9-4-2-5-10-18/h2-15,23H,16H2,1H3,(H,29,33)(H,28,30,31)/t23-/m1/s1. The van der Waals surface area contributed by atoms with Crippen LogP contribution in [0.3, 0.4) is 0 Å². The van der Waals surface area contributed by atoms with E-state index in [-0.39, 0.29) is 5.91 Å². The van der Waals surface area contributed by atoms with Crippen LogP contribution < -0.4 is 10.6 Å². The Morgan fingerprint density at radius 3 is 2.53 bits per heavy atom. The second kappa shape index (κ2) is 9.75. The first kappa shape index (κ1) is 22.3. The molecule has 8 heteroatoms. The van der Waals surface area contributed by atoms with Gasteiger partial charge in [0.2, 0.25) is 11.1 Å². The van der Waals surface area contributed by atoms with E-state index < -0.39 is 6.04 Å². The van der Waals surface area contributed by atoms with Crippen LogP contribution in [0.5, 0.6) is 0 Å². The SMILES string of the molecule is CC1=C(C(=O)Nc2ccccc2)[C@@H](c2cccc(Cl)c2)n2nc(SCc3ccccc3)nc2N1. The van der Waals surface area contributed by atoms with Crippen LogP contribution in [0.1, 0.15) is 24.1 Å². The first-order valence-electron chi connectivity index (χ1n) is 10.8. The van der Waals surface area contributed by atoms with Crippen molar-refractivity contribution in [2.75, 3.05) is 10.6 Å². The smallest absolute Gasteiger partial charge is 0.255 e. The second-order valence-corrected chi connectivity index (χ2v) is 9.26. The molecule has 6 nitrogen and oxygen atoms in total. The molecular formula is C26H22ClN5OS. The average Bonchev–Trinajstić information content (AvgIpc) is 3.25. The van der Waals surface area contributed by atoms with Crippen molar-refractivity contribution in [1.82, 2.24) is 14.8 Å². The summed E-state index contributed by atoms with van der Waals surface area (Å²) in [6, 6.07) is 26.6. The van der Waals surface area contributed by atoms with Crippen LogP contribution in [0.15, 0.2) is 101 Å². The number of nitrogens with zero attached hydrogens (tertiary/aromatic N) is 3. The van der Waals surface area contributed by atoms with Gasteiger partial charge in [-0.1, -0.05) is 84.0 Å². The molecule has 1 aliphatic rings. The van der Waals surface area contributed by atoms with Gasteiger partial charge in [-0.05, 0) is 42.3 Å². The molecule has 0 bridgehead atoms. The number of fused-ring (bicyclic) bond motifs is 1. The van der Waals surface area contributed by atoms with Crippen molar-refractivity contribution in [3.8, 4) is 0 Å². The molecule has 170 valence electrons. The summed E-state index contributed by atoms with van der Waals surface area (Å²) in [6.07, 6.45) is 0. The zero-order valence-electron chi connectivity index (χ0n) is 18.4. The lowest BCUT2D eigenvalue weighted by Gasteiger charge is -2.28. The lowest BCUT2D eigenvalue weighted by molar-refractivity contribution is -0.113. The van der Waals surface area contributed by atoms with Crippen molar-refractivity contribution in [3.63, 3.8) is 0 Å². The number of allylic oxidation sites excluding steroid dienone is 1. The summed E-state index contributed by atoms with van der Waals surface area (Å²) in [4.78, 5) is 18.2. The van der Waals surface area contributed by atoms with E-state index in [1.54, 1.807) is 16.4 Å². The first-order valence-corrected chi connectivity index (χ1v) is 12.2. The molecule has 0 saturated heterocycles. The van der Waals surface area contributed by atoms with Gasteiger partial charge in [0.15, 0.2) is 0 Å². The number of hydrogen-bond acceptors (Lipinski definition) is 5. The van der Waals surface area contributed by atoms with E-state index in [0.29, 0.717) is 21.7 Å². The molecule has 0 unspecified atom stereocenters. The summed E-state index contributed by atoms with van der Waals surface area (Å²) >= 11 is 7.88. The van der Waals surface area contributed by atoms with Crippen molar-refractivity contribution in [3.05, 3.63) is 112 Å². The van der Waals surface area contributed by atoms with Gasteiger partial charge in [0.1, 0.15) is 6.04 Å². The minimum atomic E-state index is -0.475. The van der Waals surface area contributed by atoms with Crippen LogP contribution in [-0.2, 0) is 10.5 Å². The molecule has 1 atom stereocenters. The summed E-state index contributed by atoms with van der Waals surface area (Å²) in [5, 5.41) is 12.3. The van der Waals surface area contributed by atoms with Crippen molar-refractivity contribution in [2.45, 2.75) is 23.9 Å². The molecule has 1 amide bonds. The Morgan fingerprint density at radius 2 is 1.79 bits per heavy atom. The Bertz CT molecular complexity index is 1350. The Kier molecular flexibility index (Phi) is 6.38. The zero-order chi connectivity index (χ0) is 23.5. The largest absolute Gasteiger partial charge is 0.328 e. The minimum Gasteiger partial charge on any atom is -0.328 e. The summed E-state index contributed by atoms with van der Waals surface area (Å²) < 4.78 is 1.77. The number of anilines is 2. The lowest BCUT2D eigenvalue weighted by Crippen LogP contribution is -2.31. The molecule has 0 fully saturated rings. The molecule has 0 radical (unpaired) electrons. The first-order chi connectivity index (χ1) is 16.6. The molecule has 3 aromatic carbocycles. The van der Waals surface area contributed by atoms with E-state index in [2.05, 4.69) is 22.8 Å². The molecule has 1 aliphatic heterocycles. The molecular weight excluding hydrogens is 466 g/mol. The number of nitrogens with one attached hydrogen (secondary N) is 2. The fourth-order valence-electron chi connectivity index (χ4n) is 3.91. The van der Waals surface area contributed by atoms with Gasteiger partial charge in [-0.15, -0.1) is 5.10 Å². The van der Waals surface area contributed by atoms with E-state index in [1.165, 1.54) is 5.56 Å². The normalized spacial score (nSPS) is 14.9. The van der Waals surface area contributed by atoms with Crippen molar-refractivity contribution >= 4 is 40.9 Å². The Labute approximate surface area is 207 Å². The number of para-hydroxylation sites is 1. The number of aromatic nitrogens is 3. The zero-order valence-corrected chi connectivity index (χ0v) is 20.0. The predicted molar refractivity (Wildman–Crippen MR) is 137 cm³/mol. The van der Waals surface area contributed by atoms with Crippen LogP contribution in [0.4, 0.5) is 11.6 Å². The fraction of sp³-hybridized carbons (Fsp3) is 0.115. The molecule has 2 N–H and O–H groups in total. The highest BCUT2D eigenvalue weighted by molar-refractivity contribution is 7.98. The third kappa shape index (κ3) is 4.71. The molecule has 4 aromatic rings. The van der Waals surface area contributed by atoms with Gasteiger partial charge in [0.25, 0.3) is 5.91 Å². The van der Waals surface area contributed by atoms with Crippen LogP contribution in [0.2, 0.25) is 5.02 Å². The maximum atomic E-state index is 13.5. The van der Waals surface area contributed by atoms with Crippen molar-refractivity contribution < 1.29 is 4.79 Å². The van der Waals surface area contributed by atoms with E-state index in [1.807, 2.05) is 79.7 Å². The summed E-state index contributed by atoms with van der Waals surface area (Å²) in [5.74, 6) is 1.13. The van der Waals surface area contributed by atoms with E-state index in [4.69, 9.17) is 21.7 Å². The van der Waals surface area contributed by atoms with Gasteiger partial charge in [-0.3, -0.25) is 4.79 Å². The topological polar surface area (TPSA) is 71.8 Å². The van der Waals surface area contributed by atoms with E-state index in [0.717, 1.165) is 22.7 Å². The molecule has 1 aromatic heterocycles. The van der Waals surface area contributed by atoms with Gasteiger partial charge in [0, 0.05) is 22.2 Å². The molecule has 5 rings (SSSR count). The number of rotatable bonds is 6. The number of amides is 1. The molecule has 0 aliphatic carbocycles. The second-order valence-electron chi connectivity index (χ2n) is 7.88.